The second-order valence-electron chi connectivity index (χ2n) is 32.8. The smallest absolute Gasteiger partial charge is 0.462 e. The predicted octanol–water partition coefficient (Wildman–Crippen LogP) is 26.9. The Bertz CT molecular complexity index is 2060. The number of unbranched alkanes of at least 4 members (excludes halogenated alkanes) is 53. The van der Waals surface area contributed by atoms with Crippen LogP contribution in [-0.4, -0.2) is 96.7 Å². The summed E-state index contributed by atoms with van der Waals surface area (Å²) in [6.45, 7) is 12.1. The Balaban J connectivity index is 5.24. The molecule has 0 rings (SSSR count). The van der Waals surface area contributed by atoms with E-state index in [0.29, 0.717) is 25.7 Å². The Hall–Kier alpha value is -1.94. The van der Waals surface area contributed by atoms with Crippen LogP contribution in [0.25, 0.3) is 0 Å². The number of ether oxygens (including phenoxy) is 4. The van der Waals surface area contributed by atoms with Crippen molar-refractivity contribution in [2.75, 3.05) is 39.6 Å². The van der Waals surface area contributed by atoms with Crippen molar-refractivity contribution in [3.8, 4) is 0 Å². The summed E-state index contributed by atoms with van der Waals surface area (Å²) >= 11 is 0. The van der Waals surface area contributed by atoms with Gasteiger partial charge in [0.15, 0.2) is 12.2 Å². The molecule has 107 heavy (non-hydrogen) atoms. The summed E-state index contributed by atoms with van der Waals surface area (Å²) in [5.74, 6) is 0.295. The van der Waals surface area contributed by atoms with Gasteiger partial charge in [0.25, 0.3) is 0 Å². The van der Waals surface area contributed by atoms with Crippen LogP contribution in [0.4, 0.5) is 0 Å². The maximum atomic E-state index is 13.2. The average Bonchev–Trinajstić information content (AvgIpc) is 0.904. The van der Waals surface area contributed by atoms with Crippen LogP contribution in [0, 0.1) is 17.8 Å². The van der Waals surface area contributed by atoms with Crippen LogP contribution >= 0.6 is 15.6 Å². The summed E-state index contributed by atoms with van der Waals surface area (Å²) in [5, 5.41) is 10.7. The molecule has 0 radical (unpaired) electrons. The van der Waals surface area contributed by atoms with Crippen molar-refractivity contribution in [1.82, 2.24) is 0 Å². The first-order valence-corrected chi connectivity index (χ1v) is 48.4. The maximum absolute atomic E-state index is 13.2. The summed E-state index contributed by atoms with van der Waals surface area (Å²) in [5.41, 5.74) is 0. The zero-order valence-corrected chi connectivity index (χ0v) is 72.4. The Morgan fingerprint density at radius 1 is 0.271 bits per heavy atom. The van der Waals surface area contributed by atoms with E-state index in [-0.39, 0.29) is 25.7 Å². The number of carbonyl (C=O) groups excluding carboxylic acids is 4. The highest BCUT2D eigenvalue weighted by Gasteiger charge is 2.31. The van der Waals surface area contributed by atoms with Gasteiger partial charge < -0.3 is 33.8 Å². The Morgan fingerprint density at radius 3 is 0.710 bits per heavy atom. The van der Waals surface area contributed by atoms with E-state index in [1.807, 2.05) is 0 Å². The number of carbonyl (C=O) groups is 4. The van der Waals surface area contributed by atoms with Crippen LogP contribution in [0.1, 0.15) is 466 Å². The molecule has 0 aromatic rings. The standard InChI is InChI=1S/C88H172O17P2/c1-8-10-11-12-13-14-15-16-17-20-24-31-36-41-50-57-64-72-88(93)105-84(76-99-86(91)70-63-56-49-44-43-46-53-60-67-80(5)6)78-103-107(96,97)101-74-82(89)73-100-106(94,95)102-77-83(75-98-85(90)69-62-55-48-40-35-30-27-26-29-34-39-47-54-61-68-81(7)9-2)104-87(92)71-65-58-51-42-37-32-25-22-19-18-21-23-28-33-38-45-52-59-66-79(3)4/h79-84,89H,8-78H2,1-7H3,(H,94,95)(H,96,97)/t81?,82-,83-,84-/m1/s1. The molecule has 0 aromatic carbocycles. The highest BCUT2D eigenvalue weighted by atomic mass is 31.2. The summed E-state index contributed by atoms with van der Waals surface area (Å²) in [6, 6.07) is 0. The average molecular weight is 1560 g/mol. The van der Waals surface area contributed by atoms with E-state index in [0.717, 1.165) is 108 Å². The molecule has 0 fully saturated rings. The van der Waals surface area contributed by atoms with Crippen LogP contribution in [0.5, 0.6) is 0 Å². The van der Waals surface area contributed by atoms with Gasteiger partial charge in [0.2, 0.25) is 0 Å². The molecule has 636 valence electrons. The van der Waals surface area contributed by atoms with Gasteiger partial charge in [-0.1, -0.05) is 414 Å². The topological polar surface area (TPSA) is 237 Å². The number of hydrogen-bond donors (Lipinski definition) is 3. The lowest BCUT2D eigenvalue weighted by Gasteiger charge is -2.21. The van der Waals surface area contributed by atoms with Crippen molar-refractivity contribution in [1.29, 1.82) is 0 Å². The summed E-state index contributed by atoms with van der Waals surface area (Å²) in [6.07, 6.45) is 69.4. The van der Waals surface area contributed by atoms with Crippen LogP contribution in [0.2, 0.25) is 0 Å². The number of phosphoric acid groups is 2. The molecule has 0 aliphatic heterocycles. The fourth-order valence-corrected chi connectivity index (χ4v) is 15.3. The molecule has 0 saturated carbocycles. The third kappa shape index (κ3) is 80.5. The fourth-order valence-electron chi connectivity index (χ4n) is 13.7. The molecule has 0 aliphatic carbocycles. The van der Waals surface area contributed by atoms with Crippen molar-refractivity contribution in [3.63, 3.8) is 0 Å². The van der Waals surface area contributed by atoms with Crippen molar-refractivity contribution < 1.29 is 80.2 Å². The molecule has 3 N–H and O–H groups in total. The van der Waals surface area contributed by atoms with Crippen LogP contribution in [0.15, 0.2) is 0 Å². The molecule has 0 heterocycles. The van der Waals surface area contributed by atoms with Crippen LogP contribution in [0.3, 0.4) is 0 Å². The van der Waals surface area contributed by atoms with E-state index in [1.165, 1.54) is 276 Å². The van der Waals surface area contributed by atoms with Gasteiger partial charge in [-0.2, -0.15) is 0 Å². The molecule has 0 aliphatic rings. The number of aliphatic hydroxyl groups is 1. The first-order valence-electron chi connectivity index (χ1n) is 45.4. The number of aliphatic hydroxyl groups excluding tert-OH is 1. The van der Waals surface area contributed by atoms with E-state index < -0.39 is 97.5 Å². The molecule has 0 bridgehead atoms. The lowest BCUT2D eigenvalue weighted by Crippen LogP contribution is -2.30. The quantitative estimate of drug-likeness (QED) is 0.0222. The van der Waals surface area contributed by atoms with Gasteiger partial charge >= 0.3 is 39.5 Å². The Kier molecular flexibility index (Phi) is 76.6. The molecule has 17 nitrogen and oxygen atoms in total. The van der Waals surface area contributed by atoms with Gasteiger partial charge in [-0.25, -0.2) is 9.13 Å². The molecule has 19 heteroatoms. The molecule has 0 saturated heterocycles. The fraction of sp³-hybridized carbons (Fsp3) is 0.955. The zero-order valence-electron chi connectivity index (χ0n) is 70.6. The van der Waals surface area contributed by atoms with Crippen molar-refractivity contribution in [3.05, 3.63) is 0 Å². The molecular weight excluding hydrogens is 1390 g/mol. The first-order chi connectivity index (χ1) is 51.8. The summed E-state index contributed by atoms with van der Waals surface area (Å²) < 4.78 is 69.0. The highest BCUT2D eigenvalue weighted by molar-refractivity contribution is 7.47. The zero-order chi connectivity index (χ0) is 78.6. The van der Waals surface area contributed by atoms with Gasteiger partial charge in [-0.3, -0.25) is 37.3 Å². The number of phosphoric ester groups is 2. The largest absolute Gasteiger partial charge is 0.472 e. The number of esters is 4. The first kappa shape index (κ1) is 105. The van der Waals surface area contributed by atoms with E-state index >= 15 is 0 Å². The Labute approximate surface area is 658 Å². The van der Waals surface area contributed by atoms with Gasteiger partial charge in [0.1, 0.15) is 19.3 Å². The lowest BCUT2D eigenvalue weighted by molar-refractivity contribution is -0.161. The van der Waals surface area contributed by atoms with Gasteiger partial charge in [-0.15, -0.1) is 0 Å². The van der Waals surface area contributed by atoms with Crippen LogP contribution < -0.4 is 0 Å². The molecule has 3 unspecified atom stereocenters. The SMILES string of the molecule is CCCCCCCCCCCCCCCCCCCC(=O)O[C@H](COC(=O)CCCCCCCCCCC(C)C)COP(=O)(O)OC[C@H](O)COP(=O)(O)OC[C@@H](COC(=O)CCCCCCCCCCCCCCCCC(C)CC)OC(=O)CCCCCCCCCCCCCCCCCCCCC(C)C. The van der Waals surface area contributed by atoms with Crippen molar-refractivity contribution >= 4 is 39.5 Å². The second kappa shape index (κ2) is 78.0. The molecule has 0 amide bonds. The minimum Gasteiger partial charge on any atom is -0.462 e. The molecule has 0 spiro atoms. The van der Waals surface area contributed by atoms with Gasteiger partial charge in [0, 0.05) is 25.7 Å². The predicted molar refractivity (Wildman–Crippen MR) is 441 cm³/mol. The second-order valence-corrected chi connectivity index (χ2v) is 35.7. The van der Waals surface area contributed by atoms with Crippen molar-refractivity contribution in [2.24, 2.45) is 17.8 Å². The lowest BCUT2D eigenvalue weighted by atomic mass is 9.99. The molecular formula is C88H172O17P2. The third-order valence-electron chi connectivity index (χ3n) is 21.0. The Morgan fingerprint density at radius 2 is 0.477 bits per heavy atom. The van der Waals surface area contributed by atoms with E-state index in [4.69, 9.17) is 37.0 Å². The minimum atomic E-state index is -4.97. The maximum Gasteiger partial charge on any atom is 0.472 e. The normalized spacial score (nSPS) is 14.1. The molecule has 6 atom stereocenters. The summed E-state index contributed by atoms with van der Waals surface area (Å²) in [4.78, 5) is 73.3. The van der Waals surface area contributed by atoms with Gasteiger partial charge in [0.05, 0.1) is 26.4 Å². The number of rotatable bonds is 86. The van der Waals surface area contributed by atoms with E-state index in [9.17, 15) is 43.2 Å². The van der Waals surface area contributed by atoms with E-state index in [2.05, 4.69) is 48.5 Å². The molecule has 0 aromatic heterocycles. The van der Waals surface area contributed by atoms with Gasteiger partial charge in [-0.05, 0) is 43.4 Å². The van der Waals surface area contributed by atoms with E-state index in [1.54, 1.807) is 0 Å². The van der Waals surface area contributed by atoms with Crippen molar-refractivity contribution in [2.45, 2.75) is 484 Å². The summed E-state index contributed by atoms with van der Waals surface area (Å²) in [7, 11) is -9.93. The number of hydrogen-bond acceptors (Lipinski definition) is 15. The minimum absolute atomic E-state index is 0.108. The monoisotopic (exact) mass is 1560 g/mol. The highest BCUT2D eigenvalue weighted by Crippen LogP contribution is 2.45. The third-order valence-corrected chi connectivity index (χ3v) is 22.9. The van der Waals surface area contributed by atoms with Crippen LogP contribution in [-0.2, 0) is 65.4 Å².